The lowest BCUT2D eigenvalue weighted by atomic mass is 10.2. The lowest BCUT2D eigenvalue weighted by molar-refractivity contribution is 0.0953. The van der Waals surface area contributed by atoms with Crippen LogP contribution in [0.15, 0.2) is 24.3 Å². The van der Waals surface area contributed by atoms with Gasteiger partial charge < -0.3 is 10.1 Å². The quantitative estimate of drug-likeness (QED) is 0.494. The normalized spacial score (nSPS) is 9.88. The van der Waals surface area contributed by atoms with Crippen molar-refractivity contribution < 1.29 is 9.53 Å². The molecule has 1 aromatic rings. The molecular weight excluding hydrogens is 317 g/mol. The van der Waals surface area contributed by atoms with Crippen molar-refractivity contribution in [2.75, 3.05) is 18.1 Å². The van der Waals surface area contributed by atoms with Crippen LogP contribution in [-0.4, -0.2) is 24.0 Å². The Hall–Kier alpha value is -0.780. The molecule has 1 amide bonds. The van der Waals surface area contributed by atoms with E-state index in [1.54, 1.807) is 31.4 Å². The van der Waals surface area contributed by atoms with Crippen LogP contribution in [0.2, 0.25) is 0 Å². The fourth-order valence-electron chi connectivity index (χ4n) is 1.27. The second-order valence-electron chi connectivity index (χ2n) is 3.38. The minimum Gasteiger partial charge on any atom is -0.497 e. The van der Waals surface area contributed by atoms with E-state index in [4.69, 9.17) is 4.74 Å². The molecule has 0 fully saturated rings. The summed E-state index contributed by atoms with van der Waals surface area (Å²) in [6.45, 7) is 0.744. The number of halogens is 1. The lowest BCUT2D eigenvalue weighted by Crippen LogP contribution is -2.24. The molecule has 0 atom stereocenters. The lowest BCUT2D eigenvalue weighted by Gasteiger charge is -2.05. The molecule has 0 heterocycles. The minimum absolute atomic E-state index is 0.0175. The molecule has 88 valence electrons. The average molecular weight is 333 g/mol. The van der Waals surface area contributed by atoms with Gasteiger partial charge in [-0.05, 0) is 41.5 Å². The number of hydrogen-bond donors (Lipinski definition) is 1. The summed E-state index contributed by atoms with van der Waals surface area (Å²) in [5, 5.41) is 2.89. The molecule has 0 bridgehead atoms. The van der Waals surface area contributed by atoms with E-state index in [1.165, 1.54) is 0 Å². The molecule has 1 N–H and O–H groups in total. The van der Waals surface area contributed by atoms with Crippen LogP contribution in [0.5, 0.6) is 5.75 Å². The van der Waals surface area contributed by atoms with E-state index in [0.29, 0.717) is 5.56 Å². The molecule has 0 aliphatic heterocycles. The predicted molar refractivity (Wildman–Crippen MR) is 73.4 cm³/mol. The average Bonchev–Trinajstić information content (AvgIpc) is 2.34. The van der Waals surface area contributed by atoms with Gasteiger partial charge in [0.1, 0.15) is 5.75 Å². The monoisotopic (exact) mass is 333 g/mol. The van der Waals surface area contributed by atoms with Crippen LogP contribution < -0.4 is 10.1 Å². The summed E-state index contributed by atoms with van der Waals surface area (Å²) in [7, 11) is 1.61. The fourth-order valence-corrected chi connectivity index (χ4v) is 1.81. The van der Waals surface area contributed by atoms with E-state index in [0.717, 1.165) is 29.6 Å². The Morgan fingerprint density at radius 1 is 1.31 bits per heavy atom. The van der Waals surface area contributed by atoms with Gasteiger partial charge in [0, 0.05) is 12.1 Å². The van der Waals surface area contributed by atoms with Gasteiger partial charge in [-0.1, -0.05) is 22.6 Å². The third kappa shape index (κ3) is 4.38. The molecule has 0 spiro atoms. The van der Waals surface area contributed by atoms with E-state index in [-0.39, 0.29) is 5.91 Å². The molecule has 16 heavy (non-hydrogen) atoms. The van der Waals surface area contributed by atoms with Gasteiger partial charge in [-0.15, -0.1) is 0 Å². The Morgan fingerprint density at radius 3 is 2.56 bits per heavy atom. The summed E-state index contributed by atoms with van der Waals surface area (Å²) < 4.78 is 6.16. The number of nitrogens with one attached hydrogen (secondary N) is 1. The second-order valence-corrected chi connectivity index (χ2v) is 4.46. The molecule has 0 aromatic heterocycles. The Kier molecular flexibility index (Phi) is 6.22. The first-order chi connectivity index (χ1) is 7.77. The summed E-state index contributed by atoms with van der Waals surface area (Å²) in [6.07, 6.45) is 2.17. The van der Waals surface area contributed by atoms with E-state index in [1.807, 2.05) is 0 Å². The number of carbonyl (C=O) groups is 1. The van der Waals surface area contributed by atoms with Crippen LogP contribution in [0.4, 0.5) is 0 Å². The fraction of sp³-hybridized carbons (Fsp3) is 0.417. The highest BCUT2D eigenvalue weighted by molar-refractivity contribution is 14.1. The maximum atomic E-state index is 11.7. The van der Waals surface area contributed by atoms with Crippen molar-refractivity contribution in [1.29, 1.82) is 0 Å². The Labute approximate surface area is 110 Å². The van der Waals surface area contributed by atoms with Gasteiger partial charge in [-0.3, -0.25) is 4.79 Å². The first-order valence-electron chi connectivity index (χ1n) is 5.26. The van der Waals surface area contributed by atoms with Gasteiger partial charge in [0.25, 0.3) is 5.91 Å². The Balaban J connectivity index is 2.40. The molecule has 3 nitrogen and oxygen atoms in total. The second kappa shape index (κ2) is 7.49. The van der Waals surface area contributed by atoms with Crippen LogP contribution in [0, 0.1) is 0 Å². The molecule has 0 radical (unpaired) electrons. The molecule has 0 aliphatic rings. The van der Waals surface area contributed by atoms with Gasteiger partial charge in [0.15, 0.2) is 0 Å². The number of rotatable bonds is 6. The maximum absolute atomic E-state index is 11.7. The standard InChI is InChI=1S/C12H16INO2/c1-16-11-6-4-10(5-7-11)12(15)14-9-3-2-8-13/h4-7H,2-3,8-9H2,1H3,(H,14,15). The zero-order chi connectivity index (χ0) is 11.8. The van der Waals surface area contributed by atoms with Gasteiger partial charge in [0.2, 0.25) is 0 Å². The molecule has 0 unspecified atom stereocenters. The highest BCUT2D eigenvalue weighted by atomic mass is 127. The zero-order valence-electron chi connectivity index (χ0n) is 9.33. The maximum Gasteiger partial charge on any atom is 0.251 e. The SMILES string of the molecule is COc1ccc(C(=O)NCCCCI)cc1. The molecule has 1 rings (SSSR count). The van der Waals surface area contributed by atoms with Crippen molar-refractivity contribution >= 4 is 28.5 Å². The topological polar surface area (TPSA) is 38.3 Å². The third-order valence-corrected chi connectivity index (χ3v) is 2.96. The van der Waals surface area contributed by atoms with Crippen LogP contribution in [0.3, 0.4) is 0 Å². The van der Waals surface area contributed by atoms with Gasteiger partial charge in [-0.25, -0.2) is 0 Å². The van der Waals surface area contributed by atoms with Crippen molar-refractivity contribution in [1.82, 2.24) is 5.32 Å². The highest BCUT2D eigenvalue weighted by Gasteiger charge is 2.03. The summed E-state index contributed by atoms with van der Waals surface area (Å²) in [5.74, 6) is 0.748. The predicted octanol–water partition coefficient (Wildman–Crippen LogP) is 2.64. The van der Waals surface area contributed by atoms with Crippen molar-refractivity contribution in [3.63, 3.8) is 0 Å². The number of benzene rings is 1. The number of amides is 1. The summed E-state index contributed by atoms with van der Waals surface area (Å²) in [6, 6.07) is 7.12. The van der Waals surface area contributed by atoms with Gasteiger partial charge in [0.05, 0.1) is 7.11 Å². The molecular formula is C12H16INO2. The van der Waals surface area contributed by atoms with E-state index in [2.05, 4.69) is 27.9 Å². The van der Waals surface area contributed by atoms with Crippen LogP contribution in [0.25, 0.3) is 0 Å². The molecule has 0 saturated carbocycles. The van der Waals surface area contributed by atoms with Crippen LogP contribution >= 0.6 is 22.6 Å². The number of hydrogen-bond acceptors (Lipinski definition) is 2. The smallest absolute Gasteiger partial charge is 0.251 e. The van der Waals surface area contributed by atoms with Crippen molar-refractivity contribution in [2.24, 2.45) is 0 Å². The Morgan fingerprint density at radius 2 is 2.00 bits per heavy atom. The summed E-state index contributed by atoms with van der Waals surface area (Å²) in [5.41, 5.74) is 0.676. The highest BCUT2D eigenvalue weighted by Crippen LogP contribution is 2.10. The first-order valence-corrected chi connectivity index (χ1v) is 6.78. The molecule has 0 saturated heterocycles. The number of unbranched alkanes of at least 4 members (excludes halogenated alkanes) is 1. The van der Waals surface area contributed by atoms with E-state index < -0.39 is 0 Å². The van der Waals surface area contributed by atoms with Gasteiger partial charge in [-0.2, -0.15) is 0 Å². The number of alkyl halides is 1. The Bertz CT molecular complexity index is 324. The number of carbonyl (C=O) groups excluding carboxylic acids is 1. The first kappa shape index (κ1) is 13.3. The van der Waals surface area contributed by atoms with Crippen molar-refractivity contribution in [3.8, 4) is 5.75 Å². The minimum atomic E-state index is -0.0175. The summed E-state index contributed by atoms with van der Waals surface area (Å²) in [4.78, 5) is 11.7. The molecule has 0 aliphatic carbocycles. The van der Waals surface area contributed by atoms with Crippen molar-refractivity contribution in [3.05, 3.63) is 29.8 Å². The van der Waals surface area contributed by atoms with Crippen molar-refractivity contribution in [2.45, 2.75) is 12.8 Å². The summed E-state index contributed by atoms with van der Waals surface area (Å²) >= 11 is 2.34. The van der Waals surface area contributed by atoms with E-state index >= 15 is 0 Å². The largest absolute Gasteiger partial charge is 0.497 e. The van der Waals surface area contributed by atoms with Crippen LogP contribution in [0.1, 0.15) is 23.2 Å². The third-order valence-electron chi connectivity index (χ3n) is 2.20. The zero-order valence-corrected chi connectivity index (χ0v) is 11.5. The van der Waals surface area contributed by atoms with Crippen LogP contribution in [-0.2, 0) is 0 Å². The molecule has 1 aromatic carbocycles. The van der Waals surface area contributed by atoms with E-state index in [9.17, 15) is 4.79 Å². The molecule has 4 heteroatoms. The van der Waals surface area contributed by atoms with Gasteiger partial charge >= 0.3 is 0 Å². The number of ether oxygens (including phenoxy) is 1. The number of methoxy groups -OCH3 is 1.